The summed E-state index contributed by atoms with van der Waals surface area (Å²) in [6, 6.07) is 10.8. The fourth-order valence-corrected chi connectivity index (χ4v) is 6.12. The van der Waals surface area contributed by atoms with Gasteiger partial charge in [0.05, 0.1) is 11.2 Å². The van der Waals surface area contributed by atoms with Gasteiger partial charge in [-0.05, 0) is 68.5 Å². The Labute approximate surface area is 234 Å². The smallest absolute Gasteiger partial charge is 0.246 e. The lowest BCUT2D eigenvalue weighted by Crippen LogP contribution is -2.54. The van der Waals surface area contributed by atoms with Crippen molar-refractivity contribution < 1.29 is 13.9 Å². The van der Waals surface area contributed by atoms with Gasteiger partial charge in [0, 0.05) is 42.0 Å². The topological polar surface area (TPSA) is 110 Å². The molecule has 5 aromatic rings. The van der Waals surface area contributed by atoms with Gasteiger partial charge in [-0.15, -0.1) is 0 Å². The number of anilines is 2. The van der Waals surface area contributed by atoms with Crippen molar-refractivity contribution in [1.29, 1.82) is 0 Å². The maximum Gasteiger partial charge on any atom is 0.246 e. The number of amides is 1. The summed E-state index contributed by atoms with van der Waals surface area (Å²) in [4.78, 5) is 32.4. The Morgan fingerprint density at radius 1 is 1.15 bits per heavy atom. The third kappa shape index (κ3) is 4.43. The van der Waals surface area contributed by atoms with Crippen LogP contribution in [0.25, 0.3) is 16.7 Å². The number of hydrogen-bond donors (Lipinski definition) is 1. The van der Waals surface area contributed by atoms with Crippen LogP contribution >= 0.6 is 0 Å². The predicted molar refractivity (Wildman–Crippen MR) is 151 cm³/mol. The van der Waals surface area contributed by atoms with E-state index in [-0.39, 0.29) is 23.6 Å². The molecule has 3 atom stereocenters. The fraction of sp³-hybridized carbons (Fsp3) is 0.267. The van der Waals surface area contributed by atoms with Crippen molar-refractivity contribution >= 4 is 34.1 Å². The molecule has 10 nitrogen and oxygen atoms in total. The molecule has 0 radical (unpaired) electrons. The molecule has 1 aliphatic carbocycles. The van der Waals surface area contributed by atoms with Crippen LogP contribution in [-0.4, -0.2) is 52.9 Å². The van der Waals surface area contributed by atoms with Crippen molar-refractivity contribution in [2.45, 2.75) is 38.1 Å². The van der Waals surface area contributed by atoms with Gasteiger partial charge in [-0.1, -0.05) is 6.58 Å². The number of pyridine rings is 2. The number of hydrogen-bond acceptors (Lipinski definition) is 8. The van der Waals surface area contributed by atoms with Gasteiger partial charge in [0.2, 0.25) is 5.91 Å². The Bertz CT molecular complexity index is 1820. The molecular formula is C30H27FN8O2. The average Bonchev–Trinajstić information content (AvgIpc) is 3.48. The van der Waals surface area contributed by atoms with Crippen LogP contribution in [0.1, 0.15) is 36.4 Å². The highest BCUT2D eigenvalue weighted by Crippen LogP contribution is 2.44. The minimum Gasteiger partial charge on any atom is -0.457 e. The number of carbonyl (C=O) groups excluding carboxylic acids is 1. The summed E-state index contributed by atoms with van der Waals surface area (Å²) in [6.45, 7) is 6.11. The van der Waals surface area contributed by atoms with Crippen LogP contribution in [0, 0.1) is 18.7 Å². The van der Waals surface area contributed by atoms with E-state index in [2.05, 4.69) is 31.9 Å². The van der Waals surface area contributed by atoms with Crippen LogP contribution in [0.4, 0.5) is 15.9 Å². The van der Waals surface area contributed by atoms with Crippen molar-refractivity contribution in [1.82, 2.24) is 34.4 Å². The normalized spacial score (nSPS) is 20.0. The summed E-state index contributed by atoms with van der Waals surface area (Å²) in [5, 5.41) is 7.20. The van der Waals surface area contributed by atoms with Crippen molar-refractivity contribution in [2.75, 3.05) is 11.9 Å². The van der Waals surface area contributed by atoms with Gasteiger partial charge in [-0.25, -0.2) is 28.8 Å². The minimum absolute atomic E-state index is 0.0340. The van der Waals surface area contributed by atoms with Gasteiger partial charge >= 0.3 is 0 Å². The van der Waals surface area contributed by atoms with E-state index in [1.807, 2.05) is 17.0 Å². The van der Waals surface area contributed by atoms with Gasteiger partial charge in [-0.2, -0.15) is 5.10 Å². The Morgan fingerprint density at radius 2 is 2.05 bits per heavy atom. The third-order valence-electron chi connectivity index (χ3n) is 8.19. The molecule has 1 saturated carbocycles. The summed E-state index contributed by atoms with van der Waals surface area (Å²) < 4.78 is 23.2. The molecule has 3 fully saturated rings. The van der Waals surface area contributed by atoms with Gasteiger partial charge in [0.25, 0.3) is 0 Å². The average molecular weight is 551 g/mol. The van der Waals surface area contributed by atoms with E-state index >= 15 is 4.39 Å². The second kappa shape index (κ2) is 9.92. The zero-order valence-electron chi connectivity index (χ0n) is 22.4. The zero-order valence-corrected chi connectivity index (χ0v) is 22.4. The number of rotatable bonds is 6. The van der Waals surface area contributed by atoms with Crippen molar-refractivity contribution in [3.63, 3.8) is 0 Å². The molecule has 11 heteroatoms. The number of nitrogens with one attached hydrogen (secondary N) is 1. The summed E-state index contributed by atoms with van der Waals surface area (Å²) in [5.41, 5.74) is 3.29. The summed E-state index contributed by atoms with van der Waals surface area (Å²) in [5.74, 6) is 1.36. The Hall–Kier alpha value is -4.93. The lowest BCUT2D eigenvalue weighted by Gasteiger charge is -2.49. The first-order valence-corrected chi connectivity index (χ1v) is 13.6. The van der Waals surface area contributed by atoms with E-state index in [4.69, 9.17) is 9.72 Å². The molecule has 206 valence electrons. The Morgan fingerprint density at radius 3 is 2.90 bits per heavy atom. The van der Waals surface area contributed by atoms with Crippen LogP contribution in [0.5, 0.6) is 11.5 Å². The number of nitrogens with zero attached hydrogens (tertiary/aromatic N) is 7. The lowest BCUT2D eigenvalue weighted by atomic mass is 9.71. The van der Waals surface area contributed by atoms with Crippen molar-refractivity contribution in [2.24, 2.45) is 5.92 Å². The number of piperidine rings is 2. The monoisotopic (exact) mass is 550 g/mol. The molecule has 41 heavy (non-hydrogen) atoms. The zero-order chi connectivity index (χ0) is 28.1. The quantitative estimate of drug-likeness (QED) is 0.283. The van der Waals surface area contributed by atoms with Crippen LogP contribution in [0.2, 0.25) is 0 Å². The number of fused-ring (bicyclic) bond motifs is 5. The number of benzene rings is 1. The molecule has 6 heterocycles. The molecule has 1 N–H and O–H groups in total. The third-order valence-corrected chi connectivity index (χ3v) is 8.19. The summed E-state index contributed by atoms with van der Waals surface area (Å²) in [6.07, 6.45) is 9.03. The molecule has 2 saturated heterocycles. The van der Waals surface area contributed by atoms with Gasteiger partial charge in [0.15, 0.2) is 17.3 Å². The number of carbonyl (C=O) groups is 1. The first kappa shape index (κ1) is 25.1. The Balaban J connectivity index is 1.18. The van der Waals surface area contributed by atoms with Gasteiger partial charge in [-0.3, -0.25) is 4.79 Å². The SMILES string of the molecule is C=CC(=O)N1C[C@H]2CC[C@@H]1[C@@H](c1ccc3ncnc(Nc4ccc(Oc5ccn6ncnc6c5)c(C)c4F)c3n1)C2. The molecular weight excluding hydrogens is 523 g/mol. The van der Waals surface area contributed by atoms with E-state index in [0.29, 0.717) is 45.5 Å². The molecule has 0 unspecified atom stereocenters. The predicted octanol–water partition coefficient (Wildman–Crippen LogP) is 5.33. The first-order valence-electron chi connectivity index (χ1n) is 13.6. The molecule has 3 aliphatic rings. The van der Waals surface area contributed by atoms with E-state index in [9.17, 15) is 4.79 Å². The molecule has 4 aromatic heterocycles. The van der Waals surface area contributed by atoms with Crippen LogP contribution < -0.4 is 10.1 Å². The molecule has 0 spiro atoms. The van der Waals surface area contributed by atoms with Crippen molar-refractivity contribution in [3.05, 3.63) is 85.0 Å². The molecule has 1 amide bonds. The molecule has 2 bridgehead atoms. The van der Waals surface area contributed by atoms with E-state index in [1.165, 1.54) is 18.7 Å². The fourth-order valence-electron chi connectivity index (χ4n) is 6.12. The van der Waals surface area contributed by atoms with E-state index in [1.54, 1.807) is 41.9 Å². The van der Waals surface area contributed by atoms with E-state index in [0.717, 1.165) is 31.5 Å². The van der Waals surface area contributed by atoms with E-state index < -0.39 is 5.82 Å². The maximum absolute atomic E-state index is 15.6. The molecule has 2 aliphatic heterocycles. The minimum atomic E-state index is -0.461. The molecule has 1 aromatic carbocycles. The highest BCUT2D eigenvalue weighted by molar-refractivity contribution is 5.88. The number of aromatic nitrogens is 6. The standard InChI is InChI=1S/C30H27FN8O2/c1-3-27(40)38-14-18-4-8-24(38)20(12-18)21-5-6-23-29(36-21)30(34-15-32-23)37-22-7-9-25(17(2)28(22)31)41-19-10-11-39-26(13-19)33-16-35-39/h3,5-7,9-11,13,15-16,18,20,24H,1,4,8,12,14H2,2H3,(H,32,34,37)/t18-,20+,24+/m0/s1. The maximum atomic E-state index is 15.6. The second-order valence-electron chi connectivity index (χ2n) is 10.6. The number of halogens is 1. The molecule has 8 rings (SSSR count). The summed E-state index contributed by atoms with van der Waals surface area (Å²) in [7, 11) is 0. The van der Waals surface area contributed by atoms with Gasteiger partial charge in [0.1, 0.15) is 29.7 Å². The first-order chi connectivity index (χ1) is 20.0. The van der Waals surface area contributed by atoms with Crippen LogP contribution in [0.15, 0.2) is 67.9 Å². The highest BCUT2D eigenvalue weighted by Gasteiger charge is 2.43. The van der Waals surface area contributed by atoms with Crippen molar-refractivity contribution in [3.8, 4) is 11.5 Å². The van der Waals surface area contributed by atoms with Crippen LogP contribution in [-0.2, 0) is 4.79 Å². The number of ether oxygens (including phenoxy) is 1. The Kier molecular flexibility index (Phi) is 6.06. The van der Waals surface area contributed by atoms with Gasteiger partial charge < -0.3 is 15.0 Å². The second-order valence-corrected chi connectivity index (χ2v) is 10.6. The largest absolute Gasteiger partial charge is 0.457 e. The lowest BCUT2D eigenvalue weighted by molar-refractivity contribution is -0.134. The highest BCUT2D eigenvalue weighted by atomic mass is 19.1. The summed E-state index contributed by atoms with van der Waals surface area (Å²) >= 11 is 0. The van der Waals surface area contributed by atoms with Crippen LogP contribution in [0.3, 0.4) is 0 Å².